The van der Waals surface area contributed by atoms with E-state index >= 15 is 0 Å². The summed E-state index contributed by atoms with van der Waals surface area (Å²) in [6.07, 6.45) is 0. The molecule has 0 saturated carbocycles. The van der Waals surface area contributed by atoms with Crippen LogP contribution in [0.4, 0.5) is 4.39 Å². The minimum absolute atomic E-state index is 0.283. The molecule has 1 heterocycles. The first-order valence-corrected chi connectivity index (χ1v) is 7.44. The molecule has 0 aliphatic heterocycles. The minimum atomic E-state index is -0.384. The van der Waals surface area contributed by atoms with Crippen LogP contribution in [0.5, 0.6) is 0 Å². The van der Waals surface area contributed by atoms with E-state index < -0.39 is 0 Å². The predicted molar refractivity (Wildman–Crippen MR) is 85.3 cm³/mol. The quantitative estimate of drug-likeness (QED) is 0.540. The molecular weight excluding hydrogens is 334 g/mol. The highest BCUT2D eigenvalue weighted by Gasteiger charge is 2.18. The van der Waals surface area contributed by atoms with E-state index in [1.165, 1.54) is 6.07 Å². The van der Waals surface area contributed by atoms with Crippen LogP contribution in [0.3, 0.4) is 0 Å². The van der Waals surface area contributed by atoms with Crippen LogP contribution in [0.2, 0.25) is 10.0 Å². The van der Waals surface area contributed by atoms with Crippen molar-refractivity contribution in [3.8, 4) is 5.69 Å². The maximum absolute atomic E-state index is 13.9. The number of hydrogen-bond acceptors (Lipinski definition) is 1. The summed E-state index contributed by atoms with van der Waals surface area (Å²) in [5.41, 5.74) is 1.65. The fraction of sp³-hybridized carbons (Fsp3) is 0.133. The van der Waals surface area contributed by atoms with E-state index in [1.807, 2.05) is 0 Å². The highest BCUT2D eigenvalue weighted by Crippen LogP contribution is 2.32. The van der Waals surface area contributed by atoms with Crippen LogP contribution >= 0.6 is 34.8 Å². The molecule has 21 heavy (non-hydrogen) atoms. The van der Waals surface area contributed by atoms with Gasteiger partial charge in [0.1, 0.15) is 11.3 Å². The van der Waals surface area contributed by atoms with Gasteiger partial charge in [-0.25, -0.2) is 9.37 Å². The van der Waals surface area contributed by atoms with Crippen LogP contribution in [0.15, 0.2) is 36.4 Å². The number of nitrogens with zero attached hydrogens (tertiary/aromatic N) is 2. The molecule has 0 spiro atoms. The van der Waals surface area contributed by atoms with Crippen molar-refractivity contribution in [1.82, 2.24) is 9.55 Å². The summed E-state index contributed by atoms with van der Waals surface area (Å²) in [5, 5.41) is 0.489. The average molecular weight is 344 g/mol. The molecule has 0 bridgehead atoms. The number of aromatic nitrogens is 2. The minimum Gasteiger partial charge on any atom is -0.295 e. The van der Waals surface area contributed by atoms with Crippen molar-refractivity contribution in [3.63, 3.8) is 0 Å². The number of rotatable bonds is 2. The molecular formula is C15H10Cl3FN2. The topological polar surface area (TPSA) is 17.8 Å². The first kappa shape index (κ1) is 14.6. The summed E-state index contributed by atoms with van der Waals surface area (Å²) >= 11 is 18.2. The lowest BCUT2D eigenvalue weighted by atomic mass is 10.2. The van der Waals surface area contributed by atoms with Gasteiger partial charge in [-0.15, -0.1) is 11.6 Å². The summed E-state index contributed by atoms with van der Waals surface area (Å²) in [7, 11) is 0. The lowest BCUT2D eigenvalue weighted by molar-refractivity contribution is 0.637. The zero-order chi connectivity index (χ0) is 15.1. The second kappa shape index (κ2) is 5.48. The van der Waals surface area contributed by atoms with Crippen molar-refractivity contribution >= 4 is 45.8 Å². The molecule has 2 nitrogen and oxygen atoms in total. The van der Waals surface area contributed by atoms with Gasteiger partial charge in [-0.05, 0) is 37.3 Å². The molecule has 0 radical (unpaired) electrons. The van der Waals surface area contributed by atoms with Gasteiger partial charge in [-0.3, -0.25) is 4.57 Å². The molecule has 2 aromatic carbocycles. The molecule has 0 aliphatic rings. The number of benzene rings is 2. The maximum atomic E-state index is 13.9. The fourth-order valence-corrected chi connectivity index (χ4v) is 2.68. The molecule has 0 N–H and O–H groups in total. The summed E-state index contributed by atoms with van der Waals surface area (Å²) in [5.74, 6) is 0.167. The molecule has 3 rings (SSSR count). The van der Waals surface area contributed by atoms with Crippen molar-refractivity contribution < 1.29 is 4.39 Å². The Morgan fingerprint density at radius 3 is 2.57 bits per heavy atom. The molecule has 0 aliphatic carbocycles. The predicted octanol–water partition coefficient (Wildman–Crippen LogP) is 5.77. The van der Waals surface area contributed by atoms with Crippen LogP contribution in [0, 0.1) is 5.82 Å². The second-order valence-corrected chi connectivity index (χ2v) is 6.10. The number of alkyl halides is 1. The van der Waals surface area contributed by atoms with Gasteiger partial charge in [0.15, 0.2) is 5.82 Å². The van der Waals surface area contributed by atoms with E-state index in [1.54, 1.807) is 41.8 Å². The number of halogens is 4. The third kappa shape index (κ3) is 2.50. The van der Waals surface area contributed by atoms with Gasteiger partial charge in [-0.1, -0.05) is 29.3 Å². The zero-order valence-corrected chi connectivity index (χ0v) is 13.2. The molecule has 3 aromatic rings. The summed E-state index contributed by atoms with van der Waals surface area (Å²) in [4.78, 5) is 4.32. The first-order chi connectivity index (χ1) is 9.99. The Morgan fingerprint density at radius 2 is 1.90 bits per heavy atom. The van der Waals surface area contributed by atoms with Crippen molar-refractivity contribution in [3.05, 3.63) is 58.1 Å². The van der Waals surface area contributed by atoms with Crippen LogP contribution in [0.25, 0.3) is 16.7 Å². The lowest BCUT2D eigenvalue weighted by Crippen LogP contribution is -2.01. The van der Waals surface area contributed by atoms with Crippen molar-refractivity contribution in [2.24, 2.45) is 0 Å². The van der Waals surface area contributed by atoms with E-state index in [4.69, 9.17) is 34.8 Å². The first-order valence-electron chi connectivity index (χ1n) is 6.25. The summed E-state index contributed by atoms with van der Waals surface area (Å²) in [6, 6.07) is 9.98. The Balaban J connectivity index is 2.36. The largest absolute Gasteiger partial charge is 0.295 e. The summed E-state index contributed by atoms with van der Waals surface area (Å²) in [6.45, 7) is 1.79. The van der Waals surface area contributed by atoms with Gasteiger partial charge in [-0.2, -0.15) is 0 Å². The summed E-state index contributed by atoms with van der Waals surface area (Å²) < 4.78 is 15.7. The van der Waals surface area contributed by atoms with Crippen molar-refractivity contribution in [2.45, 2.75) is 12.3 Å². The number of para-hydroxylation sites is 1. The molecule has 0 saturated heterocycles. The van der Waals surface area contributed by atoms with E-state index in [9.17, 15) is 4.39 Å². The Hall–Kier alpha value is -1.29. The van der Waals surface area contributed by atoms with Crippen LogP contribution in [0.1, 0.15) is 18.1 Å². The van der Waals surface area contributed by atoms with E-state index in [0.717, 1.165) is 5.69 Å². The Bertz CT molecular complexity index is 827. The SMILES string of the molecule is CC(Cl)c1nc2c(F)cccc2n1-c1ccc(Cl)c(Cl)c1. The van der Waals surface area contributed by atoms with Gasteiger partial charge in [0.25, 0.3) is 0 Å². The van der Waals surface area contributed by atoms with Gasteiger partial charge < -0.3 is 0 Å². The normalized spacial score (nSPS) is 12.8. The van der Waals surface area contributed by atoms with Crippen molar-refractivity contribution in [2.75, 3.05) is 0 Å². The third-order valence-electron chi connectivity index (χ3n) is 3.18. The molecule has 1 aromatic heterocycles. The number of hydrogen-bond donors (Lipinski definition) is 0. The van der Waals surface area contributed by atoms with Gasteiger partial charge in [0, 0.05) is 5.69 Å². The molecule has 0 amide bonds. The standard InChI is InChI=1S/C15H10Cl3FN2/c1-8(16)15-20-14-12(19)3-2-4-13(14)21(15)9-5-6-10(17)11(18)7-9/h2-8H,1H3. The van der Waals surface area contributed by atoms with Gasteiger partial charge in [0.2, 0.25) is 0 Å². The number of imidazole rings is 1. The highest BCUT2D eigenvalue weighted by atomic mass is 35.5. The van der Waals surface area contributed by atoms with E-state index in [2.05, 4.69) is 4.98 Å². The fourth-order valence-electron chi connectivity index (χ4n) is 2.25. The Labute approximate surface area is 136 Å². The molecule has 1 atom stereocenters. The van der Waals surface area contributed by atoms with Crippen LogP contribution in [-0.2, 0) is 0 Å². The second-order valence-electron chi connectivity index (χ2n) is 4.63. The maximum Gasteiger partial charge on any atom is 0.151 e. The molecule has 108 valence electrons. The monoisotopic (exact) mass is 342 g/mol. The van der Waals surface area contributed by atoms with Crippen LogP contribution < -0.4 is 0 Å². The smallest absolute Gasteiger partial charge is 0.151 e. The van der Waals surface area contributed by atoms with E-state index in [0.29, 0.717) is 21.4 Å². The molecule has 0 fully saturated rings. The Kier molecular flexibility index (Phi) is 3.82. The lowest BCUT2D eigenvalue weighted by Gasteiger charge is -2.11. The van der Waals surface area contributed by atoms with Crippen LogP contribution in [-0.4, -0.2) is 9.55 Å². The van der Waals surface area contributed by atoms with Gasteiger partial charge >= 0.3 is 0 Å². The zero-order valence-electron chi connectivity index (χ0n) is 10.9. The Morgan fingerprint density at radius 1 is 1.14 bits per heavy atom. The number of fused-ring (bicyclic) bond motifs is 1. The highest BCUT2D eigenvalue weighted by molar-refractivity contribution is 6.42. The average Bonchev–Trinajstić information content (AvgIpc) is 2.83. The van der Waals surface area contributed by atoms with E-state index in [-0.39, 0.29) is 16.7 Å². The van der Waals surface area contributed by atoms with Crippen molar-refractivity contribution in [1.29, 1.82) is 0 Å². The van der Waals surface area contributed by atoms with Gasteiger partial charge in [0.05, 0.1) is 20.9 Å². The third-order valence-corrected chi connectivity index (χ3v) is 4.11. The molecule has 6 heteroatoms. The molecule has 1 unspecified atom stereocenters.